The molecule has 0 radical (unpaired) electrons. The minimum Gasteiger partial charge on any atom is -0.347 e. The Bertz CT molecular complexity index is 627. The monoisotopic (exact) mass is 286 g/mol. The first-order chi connectivity index (χ1) is 8.51. The molecule has 96 valence electrons. The number of nitrogens with one attached hydrogen (secondary N) is 1. The van der Waals surface area contributed by atoms with Crippen LogP contribution in [0.25, 0.3) is 0 Å². The first-order valence-electron chi connectivity index (χ1n) is 5.07. The van der Waals surface area contributed by atoms with Gasteiger partial charge in [-0.05, 0) is 12.1 Å². The molecule has 6 nitrogen and oxygen atoms in total. The summed E-state index contributed by atoms with van der Waals surface area (Å²) in [5.74, 6) is 0.557. The second-order valence-electron chi connectivity index (χ2n) is 3.59. The number of sulfonamides is 1. The van der Waals surface area contributed by atoms with E-state index in [0.717, 1.165) is 4.31 Å². The Hall–Kier alpha value is -1.44. The first-order valence-corrected chi connectivity index (χ1v) is 6.88. The van der Waals surface area contributed by atoms with Crippen molar-refractivity contribution in [3.05, 3.63) is 41.7 Å². The van der Waals surface area contributed by atoms with Crippen LogP contribution in [0.4, 0.5) is 0 Å². The molecule has 2 aromatic rings. The van der Waals surface area contributed by atoms with Crippen LogP contribution in [-0.2, 0) is 16.6 Å². The number of H-pyrrole nitrogens is 1. The van der Waals surface area contributed by atoms with Gasteiger partial charge < -0.3 is 4.98 Å². The molecule has 0 saturated carbocycles. The van der Waals surface area contributed by atoms with Crippen molar-refractivity contribution >= 4 is 21.6 Å². The molecule has 2 aromatic heterocycles. The molecule has 0 bridgehead atoms. The number of hydrogen-bond acceptors (Lipinski definition) is 4. The van der Waals surface area contributed by atoms with Crippen molar-refractivity contribution in [1.29, 1.82) is 0 Å². The Morgan fingerprint density at radius 2 is 2.17 bits per heavy atom. The molecule has 0 unspecified atom stereocenters. The Balaban J connectivity index is 2.29. The van der Waals surface area contributed by atoms with Gasteiger partial charge in [-0.15, -0.1) is 0 Å². The number of pyridine rings is 1. The van der Waals surface area contributed by atoms with Crippen LogP contribution in [0.3, 0.4) is 0 Å². The quantitative estimate of drug-likeness (QED) is 0.859. The number of hydrogen-bond donors (Lipinski definition) is 1. The number of nitrogens with zero attached hydrogens (tertiary/aromatic N) is 3. The highest BCUT2D eigenvalue weighted by atomic mass is 35.5. The highest BCUT2D eigenvalue weighted by Gasteiger charge is 2.24. The average Bonchev–Trinajstić information content (AvgIpc) is 2.82. The highest BCUT2D eigenvalue weighted by molar-refractivity contribution is 7.89. The Kier molecular flexibility index (Phi) is 3.65. The fraction of sp³-hybridized carbons (Fsp3) is 0.200. The average molecular weight is 287 g/mol. The zero-order chi connectivity index (χ0) is 13.2. The van der Waals surface area contributed by atoms with Gasteiger partial charge in [0.2, 0.25) is 10.0 Å². The predicted octanol–water partition coefficient (Wildman–Crippen LogP) is 1.28. The summed E-state index contributed by atoms with van der Waals surface area (Å²) < 4.78 is 25.6. The molecular formula is C10H11ClN4O2S. The molecule has 0 atom stereocenters. The highest BCUT2D eigenvalue weighted by Crippen LogP contribution is 2.21. The predicted molar refractivity (Wildman–Crippen MR) is 66.5 cm³/mol. The largest absolute Gasteiger partial charge is 0.347 e. The Morgan fingerprint density at radius 1 is 1.39 bits per heavy atom. The van der Waals surface area contributed by atoms with Crippen molar-refractivity contribution in [2.24, 2.45) is 0 Å². The maximum Gasteiger partial charge on any atom is 0.246 e. The smallest absolute Gasteiger partial charge is 0.246 e. The van der Waals surface area contributed by atoms with E-state index in [9.17, 15) is 8.42 Å². The lowest BCUT2D eigenvalue weighted by atomic mass is 10.5. The second kappa shape index (κ2) is 5.05. The molecule has 1 N–H and O–H groups in total. The number of aromatic nitrogens is 3. The summed E-state index contributed by atoms with van der Waals surface area (Å²) in [6.45, 7) is 0.139. The summed E-state index contributed by atoms with van der Waals surface area (Å²) in [5.41, 5.74) is 0. The van der Waals surface area contributed by atoms with Gasteiger partial charge in [-0.3, -0.25) is 0 Å². The van der Waals surface area contributed by atoms with Crippen LogP contribution in [0.15, 0.2) is 35.6 Å². The Morgan fingerprint density at radius 3 is 2.78 bits per heavy atom. The minimum absolute atomic E-state index is 0.0132. The van der Waals surface area contributed by atoms with Crippen molar-refractivity contribution in [3.63, 3.8) is 0 Å². The summed E-state index contributed by atoms with van der Waals surface area (Å²) in [4.78, 5) is 10.6. The number of rotatable bonds is 4. The molecule has 0 aliphatic carbocycles. The first kappa shape index (κ1) is 13.0. The molecular weight excluding hydrogens is 276 g/mol. The molecule has 0 amide bonds. The van der Waals surface area contributed by atoms with Crippen LogP contribution >= 0.6 is 11.6 Å². The summed E-state index contributed by atoms with van der Waals surface area (Å²) in [6.07, 6.45) is 4.63. The summed E-state index contributed by atoms with van der Waals surface area (Å²) >= 11 is 5.79. The van der Waals surface area contributed by atoms with Crippen LogP contribution in [-0.4, -0.2) is 34.7 Å². The van der Waals surface area contributed by atoms with E-state index in [4.69, 9.17) is 11.6 Å². The minimum atomic E-state index is -3.67. The van der Waals surface area contributed by atoms with Crippen LogP contribution in [0, 0.1) is 0 Å². The van der Waals surface area contributed by atoms with Crippen LogP contribution in [0.2, 0.25) is 5.15 Å². The molecule has 0 aliphatic rings. The molecule has 0 aliphatic heterocycles. The lowest BCUT2D eigenvalue weighted by molar-refractivity contribution is 0.458. The third-order valence-electron chi connectivity index (χ3n) is 2.34. The van der Waals surface area contributed by atoms with E-state index in [2.05, 4.69) is 15.0 Å². The Labute approximate surface area is 110 Å². The molecule has 0 fully saturated rings. The molecule has 2 heterocycles. The van der Waals surface area contributed by atoms with Crippen molar-refractivity contribution in [3.8, 4) is 0 Å². The van der Waals surface area contributed by atoms with Gasteiger partial charge in [0.1, 0.15) is 15.9 Å². The van der Waals surface area contributed by atoms with Gasteiger partial charge in [0.05, 0.1) is 6.54 Å². The molecule has 18 heavy (non-hydrogen) atoms. The van der Waals surface area contributed by atoms with E-state index in [-0.39, 0.29) is 16.6 Å². The van der Waals surface area contributed by atoms with Crippen LogP contribution < -0.4 is 0 Å². The zero-order valence-electron chi connectivity index (χ0n) is 9.54. The molecule has 8 heteroatoms. The summed E-state index contributed by atoms with van der Waals surface area (Å²) in [5, 5.41) is -0.0382. The molecule has 2 rings (SSSR count). The van der Waals surface area contributed by atoms with Gasteiger partial charge in [0.15, 0.2) is 0 Å². The van der Waals surface area contributed by atoms with Crippen LogP contribution in [0.5, 0.6) is 0 Å². The summed E-state index contributed by atoms with van der Waals surface area (Å²) in [6, 6.07) is 2.95. The van der Waals surface area contributed by atoms with E-state index in [1.807, 2.05) is 0 Å². The lowest BCUT2D eigenvalue weighted by Gasteiger charge is -2.16. The molecule has 0 aromatic carbocycles. The van der Waals surface area contributed by atoms with E-state index in [1.165, 1.54) is 25.4 Å². The van der Waals surface area contributed by atoms with Gasteiger partial charge in [-0.1, -0.05) is 11.6 Å². The summed E-state index contributed by atoms with van der Waals surface area (Å²) in [7, 11) is -2.21. The number of aromatic amines is 1. The fourth-order valence-electron chi connectivity index (χ4n) is 1.41. The zero-order valence-corrected chi connectivity index (χ0v) is 11.1. The van der Waals surface area contributed by atoms with Gasteiger partial charge in [-0.25, -0.2) is 18.4 Å². The van der Waals surface area contributed by atoms with Crippen molar-refractivity contribution in [2.45, 2.75) is 11.4 Å². The van der Waals surface area contributed by atoms with Gasteiger partial charge in [-0.2, -0.15) is 4.31 Å². The standard InChI is InChI=1S/C10H11ClN4O2S/c1-15(7-9-12-5-6-13-9)18(16,17)8-3-2-4-14-10(8)11/h2-6H,7H2,1H3,(H,12,13). The maximum atomic E-state index is 12.2. The van der Waals surface area contributed by atoms with E-state index < -0.39 is 10.0 Å². The third-order valence-corrected chi connectivity index (χ3v) is 4.59. The third kappa shape index (κ3) is 2.53. The van der Waals surface area contributed by atoms with Crippen molar-refractivity contribution in [2.75, 3.05) is 7.05 Å². The lowest BCUT2D eigenvalue weighted by Crippen LogP contribution is -2.27. The topological polar surface area (TPSA) is 79.0 Å². The van der Waals surface area contributed by atoms with E-state index in [0.29, 0.717) is 5.82 Å². The second-order valence-corrected chi connectivity index (χ2v) is 5.96. The fourth-order valence-corrected chi connectivity index (χ4v) is 2.97. The van der Waals surface area contributed by atoms with Gasteiger partial charge in [0.25, 0.3) is 0 Å². The van der Waals surface area contributed by atoms with Crippen molar-refractivity contribution < 1.29 is 8.42 Å². The maximum absolute atomic E-state index is 12.2. The number of halogens is 1. The van der Waals surface area contributed by atoms with Crippen molar-refractivity contribution in [1.82, 2.24) is 19.3 Å². The van der Waals surface area contributed by atoms with E-state index in [1.54, 1.807) is 12.4 Å². The normalized spacial score (nSPS) is 11.9. The van der Waals surface area contributed by atoms with Gasteiger partial charge >= 0.3 is 0 Å². The SMILES string of the molecule is CN(Cc1ncc[nH]1)S(=O)(=O)c1cccnc1Cl. The number of imidazole rings is 1. The molecule has 0 saturated heterocycles. The van der Waals surface area contributed by atoms with Crippen LogP contribution in [0.1, 0.15) is 5.82 Å². The van der Waals surface area contributed by atoms with E-state index >= 15 is 0 Å². The molecule has 0 spiro atoms. The van der Waals surface area contributed by atoms with Gasteiger partial charge in [0, 0.05) is 25.6 Å².